The van der Waals surface area contributed by atoms with Crippen molar-refractivity contribution in [2.75, 3.05) is 13.7 Å². The van der Waals surface area contributed by atoms with Crippen LogP contribution < -0.4 is 20.1 Å². The monoisotopic (exact) mass is 456 g/mol. The van der Waals surface area contributed by atoms with Gasteiger partial charge in [0, 0.05) is 6.54 Å². The first-order valence-corrected chi connectivity index (χ1v) is 11.7. The lowest BCUT2D eigenvalue weighted by Gasteiger charge is -2.16. The number of ether oxygens (including phenoxy) is 2. The third-order valence-corrected chi connectivity index (χ3v) is 5.44. The van der Waals surface area contributed by atoms with E-state index in [1.54, 1.807) is 7.11 Å². The number of nitrogens with one attached hydrogen (secondary N) is 2. The highest BCUT2D eigenvalue weighted by atomic mass is 32.1. The molecule has 1 amide bonds. The summed E-state index contributed by atoms with van der Waals surface area (Å²) in [5.41, 5.74) is 3.24. The van der Waals surface area contributed by atoms with E-state index in [2.05, 4.69) is 43.5 Å². The van der Waals surface area contributed by atoms with Crippen LogP contribution in [0.4, 0.5) is 0 Å². The number of hydrogen-bond acceptors (Lipinski definition) is 4. The van der Waals surface area contributed by atoms with E-state index in [0.29, 0.717) is 29.9 Å². The molecule has 2 aromatic carbocycles. The Labute approximate surface area is 197 Å². The molecule has 0 heterocycles. The molecule has 32 heavy (non-hydrogen) atoms. The fourth-order valence-corrected chi connectivity index (χ4v) is 3.45. The number of carbonyl (C=O) groups excluding carboxylic acids is 1. The Kier molecular flexibility index (Phi) is 10.5. The van der Waals surface area contributed by atoms with Crippen molar-refractivity contribution < 1.29 is 14.3 Å². The summed E-state index contributed by atoms with van der Waals surface area (Å²) in [5.74, 6) is 1.60. The molecule has 174 valence electrons. The van der Waals surface area contributed by atoms with Crippen molar-refractivity contribution in [3.8, 4) is 11.5 Å². The maximum Gasteiger partial charge on any atom is 0.233 e. The van der Waals surface area contributed by atoms with Crippen LogP contribution in [0.1, 0.15) is 63.1 Å². The number of unbranched alkanes of at least 4 members (excludes halogenated alkanes) is 1. The van der Waals surface area contributed by atoms with Gasteiger partial charge in [0.05, 0.1) is 19.6 Å². The average Bonchev–Trinajstić information content (AvgIpc) is 2.78. The summed E-state index contributed by atoms with van der Waals surface area (Å²) in [6.07, 6.45) is 3.11. The van der Waals surface area contributed by atoms with E-state index in [-0.39, 0.29) is 11.8 Å². The smallest absolute Gasteiger partial charge is 0.233 e. The molecule has 0 saturated heterocycles. The molecule has 5 nitrogen and oxygen atoms in total. The van der Waals surface area contributed by atoms with Crippen LogP contribution in [0, 0.1) is 5.92 Å². The molecule has 6 heteroatoms. The normalized spacial score (nSPS) is 11.7. The van der Waals surface area contributed by atoms with Crippen LogP contribution in [0.2, 0.25) is 0 Å². The van der Waals surface area contributed by atoms with Gasteiger partial charge in [0.1, 0.15) is 0 Å². The first-order chi connectivity index (χ1) is 15.3. The Balaban J connectivity index is 1.87. The Bertz CT molecular complexity index is 881. The van der Waals surface area contributed by atoms with Gasteiger partial charge in [-0.1, -0.05) is 57.5 Å². The maximum absolute atomic E-state index is 12.6. The number of benzene rings is 2. The van der Waals surface area contributed by atoms with Crippen molar-refractivity contribution >= 4 is 23.2 Å². The Morgan fingerprint density at radius 1 is 1.03 bits per heavy atom. The molecule has 2 N–H and O–H groups in total. The molecular formula is C26H36N2O3S. The van der Waals surface area contributed by atoms with Gasteiger partial charge in [-0.15, -0.1) is 0 Å². The van der Waals surface area contributed by atoms with Gasteiger partial charge in [-0.05, 0) is 66.7 Å². The summed E-state index contributed by atoms with van der Waals surface area (Å²) in [4.78, 5) is 12.6. The van der Waals surface area contributed by atoms with Gasteiger partial charge >= 0.3 is 0 Å². The predicted octanol–water partition coefficient (Wildman–Crippen LogP) is 5.37. The fourth-order valence-electron chi connectivity index (χ4n) is 3.28. The lowest BCUT2D eigenvalue weighted by atomic mass is 9.96. The van der Waals surface area contributed by atoms with E-state index in [4.69, 9.17) is 21.7 Å². The second-order valence-electron chi connectivity index (χ2n) is 8.42. The molecule has 0 fully saturated rings. The van der Waals surface area contributed by atoms with Crippen LogP contribution in [0.5, 0.6) is 11.5 Å². The standard InChI is InChI=1S/C26H36N2O3S/c1-6-7-14-31-23-13-10-21(16-24(23)30-5)17-27-26(32)28-25(29)19(4)22-11-8-20(9-12-22)15-18(2)3/h8-13,16,18-19H,6-7,14-15,17H2,1-5H3,(H2,27,28,29,32). The zero-order valence-corrected chi connectivity index (χ0v) is 20.7. The van der Waals surface area contributed by atoms with E-state index in [1.165, 1.54) is 5.56 Å². The van der Waals surface area contributed by atoms with Gasteiger partial charge in [-0.2, -0.15) is 0 Å². The minimum Gasteiger partial charge on any atom is -0.493 e. The number of amides is 1. The topological polar surface area (TPSA) is 59.6 Å². The minimum absolute atomic E-state index is 0.128. The summed E-state index contributed by atoms with van der Waals surface area (Å²) in [6, 6.07) is 14.0. The van der Waals surface area contributed by atoms with Crippen LogP contribution >= 0.6 is 12.2 Å². The molecule has 0 bridgehead atoms. The summed E-state index contributed by atoms with van der Waals surface area (Å²) in [7, 11) is 1.63. The third kappa shape index (κ3) is 8.15. The molecule has 0 spiro atoms. The van der Waals surface area contributed by atoms with Crippen molar-refractivity contribution in [3.05, 3.63) is 59.2 Å². The van der Waals surface area contributed by atoms with E-state index in [0.717, 1.165) is 36.1 Å². The van der Waals surface area contributed by atoms with Crippen molar-refractivity contribution in [1.82, 2.24) is 10.6 Å². The molecule has 0 aliphatic carbocycles. The van der Waals surface area contributed by atoms with Crippen LogP contribution in [-0.2, 0) is 17.8 Å². The third-order valence-electron chi connectivity index (χ3n) is 5.19. The number of hydrogen-bond donors (Lipinski definition) is 2. The lowest BCUT2D eigenvalue weighted by molar-refractivity contribution is -0.120. The Morgan fingerprint density at radius 3 is 2.34 bits per heavy atom. The molecule has 0 radical (unpaired) electrons. The second kappa shape index (κ2) is 13.1. The van der Waals surface area contributed by atoms with Crippen LogP contribution in [0.15, 0.2) is 42.5 Å². The molecule has 2 rings (SSSR count). The molecule has 0 saturated carbocycles. The highest BCUT2D eigenvalue weighted by Gasteiger charge is 2.16. The predicted molar refractivity (Wildman–Crippen MR) is 134 cm³/mol. The van der Waals surface area contributed by atoms with Crippen LogP contribution in [0.3, 0.4) is 0 Å². The highest BCUT2D eigenvalue weighted by Crippen LogP contribution is 2.28. The molecule has 1 atom stereocenters. The molecule has 0 aliphatic rings. The van der Waals surface area contributed by atoms with Gasteiger partial charge < -0.3 is 20.1 Å². The van der Waals surface area contributed by atoms with Gasteiger partial charge in [-0.25, -0.2) is 0 Å². The van der Waals surface area contributed by atoms with E-state index >= 15 is 0 Å². The quantitative estimate of drug-likeness (QED) is 0.352. The van der Waals surface area contributed by atoms with Crippen molar-refractivity contribution in [2.45, 2.75) is 59.4 Å². The molecule has 0 aliphatic heterocycles. The van der Waals surface area contributed by atoms with Crippen molar-refractivity contribution in [1.29, 1.82) is 0 Å². The summed E-state index contributed by atoms with van der Waals surface area (Å²) >= 11 is 5.33. The maximum atomic E-state index is 12.6. The summed E-state index contributed by atoms with van der Waals surface area (Å²) in [5, 5.41) is 6.19. The first kappa shape index (κ1) is 25.7. The van der Waals surface area contributed by atoms with Crippen LogP contribution in [0.25, 0.3) is 0 Å². The van der Waals surface area contributed by atoms with E-state index < -0.39 is 0 Å². The zero-order chi connectivity index (χ0) is 23.5. The largest absolute Gasteiger partial charge is 0.493 e. The van der Waals surface area contributed by atoms with Gasteiger partial charge in [0.15, 0.2) is 16.6 Å². The molecular weight excluding hydrogens is 420 g/mol. The van der Waals surface area contributed by atoms with Gasteiger partial charge in [0.25, 0.3) is 0 Å². The highest BCUT2D eigenvalue weighted by molar-refractivity contribution is 7.80. The van der Waals surface area contributed by atoms with Gasteiger partial charge in [0.2, 0.25) is 5.91 Å². The second-order valence-corrected chi connectivity index (χ2v) is 8.83. The number of rotatable bonds is 11. The minimum atomic E-state index is -0.289. The molecule has 0 aromatic heterocycles. The number of carbonyl (C=O) groups is 1. The number of methoxy groups -OCH3 is 1. The summed E-state index contributed by atoms with van der Waals surface area (Å²) < 4.78 is 11.2. The van der Waals surface area contributed by atoms with E-state index in [1.807, 2.05) is 37.3 Å². The number of thiocarbonyl (C=S) groups is 1. The van der Waals surface area contributed by atoms with Crippen LogP contribution in [-0.4, -0.2) is 24.7 Å². The Morgan fingerprint density at radius 2 is 1.72 bits per heavy atom. The molecule has 2 aromatic rings. The first-order valence-electron chi connectivity index (χ1n) is 11.3. The van der Waals surface area contributed by atoms with Crippen molar-refractivity contribution in [2.24, 2.45) is 5.92 Å². The summed E-state index contributed by atoms with van der Waals surface area (Å²) in [6.45, 7) is 9.55. The lowest BCUT2D eigenvalue weighted by Crippen LogP contribution is -2.40. The fraction of sp³-hybridized carbons (Fsp3) is 0.462. The zero-order valence-electron chi connectivity index (χ0n) is 19.9. The van der Waals surface area contributed by atoms with Gasteiger partial charge in [-0.3, -0.25) is 4.79 Å². The SMILES string of the molecule is CCCCOc1ccc(CNC(=S)NC(=O)C(C)c2ccc(CC(C)C)cc2)cc1OC. The molecule has 1 unspecified atom stereocenters. The average molecular weight is 457 g/mol. The van der Waals surface area contributed by atoms with E-state index in [9.17, 15) is 4.79 Å². The Hall–Kier alpha value is -2.60. The van der Waals surface area contributed by atoms with Crippen molar-refractivity contribution in [3.63, 3.8) is 0 Å².